The summed E-state index contributed by atoms with van der Waals surface area (Å²) in [6.07, 6.45) is -4.13. The molecule has 0 fully saturated rings. The Morgan fingerprint density at radius 1 is 0.808 bits per heavy atom. The second kappa shape index (κ2) is 7.05. The van der Waals surface area contributed by atoms with Crippen molar-refractivity contribution in [1.82, 2.24) is 0 Å². The number of benzene rings is 2. The van der Waals surface area contributed by atoms with Crippen LogP contribution >= 0.6 is 10.5 Å². The van der Waals surface area contributed by atoms with Gasteiger partial charge in [0.2, 0.25) is 5.75 Å². The summed E-state index contributed by atoms with van der Waals surface area (Å²) < 4.78 is 98.6. The lowest BCUT2D eigenvalue weighted by Gasteiger charge is -2.08. The van der Waals surface area contributed by atoms with Crippen LogP contribution in [0.1, 0.15) is 0 Å². The van der Waals surface area contributed by atoms with Crippen molar-refractivity contribution in [2.24, 2.45) is 0 Å². The van der Waals surface area contributed by atoms with Crippen LogP contribution in [-0.4, -0.2) is 24.7 Å². The highest BCUT2D eigenvalue weighted by Gasteiger charge is 2.37. The minimum absolute atomic E-state index is 0.763. The van der Waals surface area contributed by atoms with Gasteiger partial charge < -0.3 is 4.55 Å². The zero-order valence-corrected chi connectivity index (χ0v) is 14.3. The van der Waals surface area contributed by atoms with Crippen LogP contribution in [0.3, 0.4) is 0 Å². The van der Waals surface area contributed by atoms with Crippen LogP contribution in [0.25, 0.3) is 20.2 Å². The van der Waals surface area contributed by atoms with E-state index < -0.39 is 38.0 Å². The molecular formula is C15H10F6O3S2. The van der Waals surface area contributed by atoms with E-state index in [2.05, 4.69) is 0 Å². The maximum atomic E-state index is 12.7. The van der Waals surface area contributed by atoms with Crippen molar-refractivity contribution in [3.8, 4) is 0 Å². The zero-order valence-electron chi connectivity index (χ0n) is 12.6. The first-order chi connectivity index (χ1) is 11.8. The van der Waals surface area contributed by atoms with Crippen molar-refractivity contribution in [1.29, 1.82) is 0 Å². The SMILES string of the molecule is FC(F)(F)C[s+]1c2ccccc2c2ccccc21.O=S(=O)([O-])C(F)(F)F. The Kier molecular flexibility index (Phi) is 5.54. The summed E-state index contributed by atoms with van der Waals surface area (Å²) in [5.41, 5.74) is -5.65. The topological polar surface area (TPSA) is 57.2 Å². The summed E-state index contributed by atoms with van der Waals surface area (Å²) in [6, 6.07) is 14.8. The number of rotatable bonds is 1. The molecule has 11 heteroatoms. The lowest BCUT2D eigenvalue weighted by Crippen LogP contribution is -2.21. The van der Waals surface area contributed by atoms with Gasteiger partial charge in [-0.2, -0.15) is 26.3 Å². The van der Waals surface area contributed by atoms with Gasteiger partial charge in [0.1, 0.15) is 0 Å². The van der Waals surface area contributed by atoms with E-state index in [4.69, 9.17) is 13.0 Å². The molecule has 3 rings (SSSR count). The molecule has 3 aromatic rings. The molecule has 0 saturated heterocycles. The highest BCUT2D eigenvalue weighted by molar-refractivity contribution is 7.86. The minimum atomic E-state index is -6.09. The molecule has 0 amide bonds. The largest absolute Gasteiger partial charge is 0.741 e. The van der Waals surface area contributed by atoms with Crippen LogP contribution in [0, 0.1) is 0 Å². The standard InChI is InChI=1S/C14H10F3S.CHF3O3S/c15-14(16,17)9-18-12-7-3-1-5-10(12)11-6-2-4-8-13(11)18;2-1(3,4)8(5,6)7/h1-8H,9H2;(H,5,6,7)/q+1;/p-1. The predicted molar refractivity (Wildman–Crippen MR) is 85.7 cm³/mol. The molecule has 0 spiro atoms. The number of alkyl halides is 6. The summed E-state index contributed by atoms with van der Waals surface area (Å²) in [5, 5.41) is 1.89. The van der Waals surface area contributed by atoms with Gasteiger partial charge >= 0.3 is 11.7 Å². The summed E-state index contributed by atoms with van der Waals surface area (Å²) in [4.78, 5) is 0. The Morgan fingerprint density at radius 3 is 1.46 bits per heavy atom. The number of fused-ring (bicyclic) bond motifs is 3. The van der Waals surface area contributed by atoms with Gasteiger partial charge in [-0.05, 0) is 24.3 Å². The highest BCUT2D eigenvalue weighted by Crippen LogP contribution is 2.46. The van der Waals surface area contributed by atoms with Gasteiger partial charge in [0.15, 0.2) is 19.5 Å². The molecule has 3 nitrogen and oxygen atoms in total. The Hall–Kier alpha value is -1.85. The van der Waals surface area contributed by atoms with Crippen LogP contribution in [0.5, 0.6) is 0 Å². The Bertz CT molecular complexity index is 966. The van der Waals surface area contributed by atoms with Crippen molar-refractivity contribution in [2.75, 3.05) is 0 Å². The summed E-state index contributed by atoms with van der Waals surface area (Å²) in [7, 11) is -6.96. The fraction of sp³-hybridized carbons (Fsp3) is 0.200. The summed E-state index contributed by atoms with van der Waals surface area (Å²) in [5.74, 6) is -0.763. The maximum absolute atomic E-state index is 12.7. The quantitative estimate of drug-likeness (QED) is 0.232. The van der Waals surface area contributed by atoms with Crippen molar-refractivity contribution in [3.63, 3.8) is 0 Å². The summed E-state index contributed by atoms with van der Waals surface area (Å²) in [6.45, 7) is 0. The molecule has 0 radical (unpaired) electrons. The van der Waals surface area contributed by atoms with E-state index in [1.165, 1.54) is 0 Å². The Morgan fingerprint density at radius 2 is 1.15 bits per heavy atom. The molecular weight excluding hydrogens is 406 g/mol. The number of halogens is 6. The van der Waals surface area contributed by atoms with Gasteiger partial charge in [-0.3, -0.25) is 0 Å². The number of hydrogen-bond acceptors (Lipinski definition) is 3. The van der Waals surface area contributed by atoms with E-state index in [0.717, 1.165) is 20.2 Å². The molecule has 0 bridgehead atoms. The molecule has 2 aromatic carbocycles. The zero-order chi connectivity index (χ0) is 19.8. The fourth-order valence-electron chi connectivity index (χ4n) is 2.25. The molecule has 0 aliphatic heterocycles. The monoisotopic (exact) mass is 416 g/mol. The normalized spacial score (nSPS) is 12.9. The number of thiophene rings is 1. The first-order valence-corrected chi connectivity index (χ1v) is 9.60. The van der Waals surface area contributed by atoms with Crippen LogP contribution < -0.4 is 0 Å². The van der Waals surface area contributed by atoms with Gasteiger partial charge in [0, 0.05) is 21.2 Å². The van der Waals surface area contributed by atoms with Gasteiger partial charge in [0.25, 0.3) is 0 Å². The van der Waals surface area contributed by atoms with E-state index in [-0.39, 0.29) is 0 Å². The van der Waals surface area contributed by atoms with Crippen LogP contribution in [-0.2, 0) is 15.9 Å². The van der Waals surface area contributed by atoms with E-state index in [1.54, 1.807) is 12.1 Å². The molecule has 0 unspecified atom stereocenters. The number of hydrogen-bond donors (Lipinski definition) is 0. The third kappa shape index (κ3) is 4.65. The van der Waals surface area contributed by atoms with E-state index >= 15 is 0 Å². The first-order valence-electron chi connectivity index (χ1n) is 6.79. The van der Waals surface area contributed by atoms with Crippen molar-refractivity contribution < 1.29 is 39.3 Å². The summed E-state index contributed by atoms with van der Waals surface area (Å²) >= 11 is 0. The molecule has 0 aliphatic rings. The fourth-order valence-corrected chi connectivity index (χ4v) is 4.49. The predicted octanol–water partition coefficient (Wildman–Crippen LogP) is 5.36. The van der Waals surface area contributed by atoms with Crippen molar-refractivity contribution in [2.45, 2.75) is 17.4 Å². The van der Waals surface area contributed by atoms with Crippen molar-refractivity contribution >= 4 is 40.8 Å². The Balaban J connectivity index is 0.000000260. The average molecular weight is 416 g/mol. The minimum Gasteiger partial charge on any atom is -0.741 e. The molecule has 0 saturated carbocycles. The molecule has 1 aromatic heterocycles. The Labute approximate surface area is 146 Å². The van der Waals surface area contributed by atoms with E-state index in [0.29, 0.717) is 0 Å². The molecule has 0 atom stereocenters. The van der Waals surface area contributed by atoms with Crippen LogP contribution in [0.4, 0.5) is 26.3 Å². The van der Waals surface area contributed by atoms with Gasteiger partial charge in [-0.25, -0.2) is 8.42 Å². The second-order valence-electron chi connectivity index (χ2n) is 5.04. The van der Waals surface area contributed by atoms with Crippen LogP contribution in [0.15, 0.2) is 48.5 Å². The lowest BCUT2D eigenvalue weighted by atomic mass is 10.2. The van der Waals surface area contributed by atoms with Gasteiger partial charge in [-0.15, -0.1) is 0 Å². The van der Waals surface area contributed by atoms with Crippen molar-refractivity contribution in [3.05, 3.63) is 48.5 Å². The lowest BCUT2D eigenvalue weighted by molar-refractivity contribution is -0.118. The molecule has 142 valence electrons. The second-order valence-corrected chi connectivity index (χ2v) is 8.36. The van der Waals surface area contributed by atoms with E-state index in [9.17, 15) is 26.3 Å². The highest BCUT2D eigenvalue weighted by atomic mass is 32.2. The smallest absolute Gasteiger partial charge is 0.485 e. The average Bonchev–Trinajstić information content (AvgIpc) is 2.80. The van der Waals surface area contributed by atoms with Gasteiger partial charge in [0.05, 0.1) is 0 Å². The molecule has 1 heterocycles. The maximum Gasteiger partial charge on any atom is 0.485 e. The van der Waals surface area contributed by atoms with Gasteiger partial charge in [-0.1, -0.05) is 24.3 Å². The molecule has 0 aliphatic carbocycles. The molecule has 0 N–H and O–H groups in total. The first kappa shape index (κ1) is 20.5. The third-order valence-corrected chi connectivity index (χ3v) is 6.14. The third-order valence-electron chi connectivity index (χ3n) is 3.19. The molecule has 26 heavy (non-hydrogen) atoms. The van der Waals surface area contributed by atoms with Crippen LogP contribution in [0.2, 0.25) is 0 Å². The van der Waals surface area contributed by atoms with E-state index in [1.807, 2.05) is 36.4 Å².